The summed E-state index contributed by atoms with van der Waals surface area (Å²) in [5.41, 5.74) is 7.74. The van der Waals surface area contributed by atoms with Gasteiger partial charge in [-0.3, -0.25) is 4.98 Å². The Morgan fingerprint density at radius 2 is 1.95 bits per heavy atom. The monoisotopic (exact) mass is 270 g/mol. The Morgan fingerprint density at radius 3 is 2.60 bits per heavy atom. The number of amidine groups is 1. The molecular weight excluding hydrogens is 252 g/mol. The number of nitrogens with two attached hydrogens (primary N) is 1. The molecule has 1 atom stereocenters. The van der Waals surface area contributed by atoms with E-state index in [4.69, 9.17) is 10.9 Å². The van der Waals surface area contributed by atoms with Crippen LogP contribution in [0.25, 0.3) is 0 Å². The zero-order chi connectivity index (χ0) is 14.2. The molecule has 0 saturated heterocycles. The van der Waals surface area contributed by atoms with Gasteiger partial charge in [0.2, 0.25) is 0 Å². The predicted octanol–water partition coefficient (Wildman–Crippen LogP) is 1.70. The number of nitrogens with one attached hydrogen (secondary N) is 1. The summed E-state index contributed by atoms with van der Waals surface area (Å²) in [7, 11) is 0. The standard InChI is InChI=1S/C15H18N4O/c16-15(19-20)14(12-6-2-1-3-7-12)11-17-10-13-8-4-5-9-18-13/h1-9,14,17,20H,10-11H2,(H2,16,19). The molecule has 5 nitrogen and oxygen atoms in total. The van der Waals surface area contributed by atoms with Crippen LogP contribution in [0.5, 0.6) is 0 Å². The highest BCUT2D eigenvalue weighted by molar-refractivity contribution is 5.87. The molecule has 5 heteroatoms. The van der Waals surface area contributed by atoms with Crippen molar-refractivity contribution < 1.29 is 5.21 Å². The van der Waals surface area contributed by atoms with Crippen LogP contribution in [0.15, 0.2) is 59.9 Å². The molecule has 0 amide bonds. The van der Waals surface area contributed by atoms with Gasteiger partial charge in [0, 0.05) is 19.3 Å². The van der Waals surface area contributed by atoms with Crippen molar-refractivity contribution in [1.29, 1.82) is 0 Å². The van der Waals surface area contributed by atoms with Crippen LogP contribution in [0.3, 0.4) is 0 Å². The molecule has 20 heavy (non-hydrogen) atoms. The molecule has 0 saturated carbocycles. The van der Waals surface area contributed by atoms with Crippen LogP contribution in [0.4, 0.5) is 0 Å². The Hall–Kier alpha value is -2.40. The summed E-state index contributed by atoms with van der Waals surface area (Å²) in [5.74, 6) is 0.0367. The van der Waals surface area contributed by atoms with Gasteiger partial charge in [-0.15, -0.1) is 0 Å². The lowest BCUT2D eigenvalue weighted by Gasteiger charge is -2.16. The molecule has 0 aliphatic rings. The number of nitrogens with zero attached hydrogens (tertiary/aromatic N) is 2. The first kappa shape index (κ1) is 14.0. The van der Waals surface area contributed by atoms with Gasteiger partial charge in [-0.25, -0.2) is 0 Å². The van der Waals surface area contributed by atoms with Gasteiger partial charge in [-0.05, 0) is 17.7 Å². The minimum atomic E-state index is -0.162. The SMILES string of the molecule is NC(=NO)C(CNCc1ccccn1)c1ccccc1. The van der Waals surface area contributed by atoms with Crippen molar-refractivity contribution in [1.82, 2.24) is 10.3 Å². The van der Waals surface area contributed by atoms with E-state index in [1.165, 1.54) is 0 Å². The Morgan fingerprint density at radius 1 is 1.20 bits per heavy atom. The highest BCUT2D eigenvalue weighted by atomic mass is 16.4. The van der Waals surface area contributed by atoms with Crippen molar-refractivity contribution in [2.24, 2.45) is 10.9 Å². The van der Waals surface area contributed by atoms with Crippen molar-refractivity contribution in [2.75, 3.05) is 6.54 Å². The van der Waals surface area contributed by atoms with Gasteiger partial charge in [0.25, 0.3) is 0 Å². The lowest BCUT2D eigenvalue weighted by atomic mass is 9.98. The van der Waals surface area contributed by atoms with E-state index < -0.39 is 0 Å². The zero-order valence-electron chi connectivity index (χ0n) is 11.1. The average molecular weight is 270 g/mol. The molecule has 0 radical (unpaired) electrons. The fourth-order valence-electron chi connectivity index (χ4n) is 2.00. The Labute approximate surface area is 118 Å². The minimum Gasteiger partial charge on any atom is -0.409 e. The van der Waals surface area contributed by atoms with Gasteiger partial charge in [0.1, 0.15) is 5.84 Å². The second-order valence-electron chi connectivity index (χ2n) is 4.44. The molecule has 2 aromatic rings. The lowest BCUT2D eigenvalue weighted by molar-refractivity contribution is 0.315. The van der Waals surface area contributed by atoms with E-state index in [2.05, 4.69) is 15.5 Å². The second-order valence-corrected chi connectivity index (χ2v) is 4.44. The Bertz CT molecular complexity index is 542. The van der Waals surface area contributed by atoms with Crippen LogP contribution in [0.2, 0.25) is 0 Å². The van der Waals surface area contributed by atoms with E-state index in [1.54, 1.807) is 6.20 Å². The third-order valence-corrected chi connectivity index (χ3v) is 3.06. The molecule has 1 aromatic heterocycles. The van der Waals surface area contributed by atoms with Crippen molar-refractivity contribution in [2.45, 2.75) is 12.5 Å². The molecule has 1 aromatic carbocycles. The van der Waals surface area contributed by atoms with Crippen LogP contribution in [-0.4, -0.2) is 22.6 Å². The number of hydrogen-bond acceptors (Lipinski definition) is 4. The Balaban J connectivity index is 1.99. The second kappa shape index (κ2) is 7.25. The van der Waals surface area contributed by atoms with Crippen LogP contribution in [-0.2, 0) is 6.54 Å². The molecule has 4 N–H and O–H groups in total. The molecule has 0 bridgehead atoms. The minimum absolute atomic E-state index is 0.162. The first-order valence-electron chi connectivity index (χ1n) is 6.44. The first-order valence-corrected chi connectivity index (χ1v) is 6.44. The van der Waals surface area contributed by atoms with E-state index in [9.17, 15) is 0 Å². The zero-order valence-corrected chi connectivity index (χ0v) is 11.1. The van der Waals surface area contributed by atoms with Crippen molar-refractivity contribution in [3.05, 3.63) is 66.0 Å². The summed E-state index contributed by atoms with van der Waals surface area (Å²) in [6, 6.07) is 15.5. The third-order valence-electron chi connectivity index (χ3n) is 3.06. The smallest absolute Gasteiger partial charge is 0.147 e. The Kier molecular flexibility index (Phi) is 5.08. The molecule has 1 unspecified atom stereocenters. The maximum absolute atomic E-state index is 8.91. The summed E-state index contributed by atoms with van der Waals surface area (Å²) < 4.78 is 0. The van der Waals surface area contributed by atoms with E-state index in [1.807, 2.05) is 48.5 Å². The average Bonchev–Trinajstić information content (AvgIpc) is 2.53. The fraction of sp³-hybridized carbons (Fsp3) is 0.200. The molecule has 0 fully saturated rings. The van der Waals surface area contributed by atoms with E-state index in [-0.39, 0.29) is 11.8 Å². The van der Waals surface area contributed by atoms with Crippen LogP contribution in [0.1, 0.15) is 17.2 Å². The van der Waals surface area contributed by atoms with Gasteiger partial charge >= 0.3 is 0 Å². The molecule has 0 aliphatic heterocycles. The number of oxime groups is 1. The predicted molar refractivity (Wildman–Crippen MR) is 78.5 cm³/mol. The maximum Gasteiger partial charge on any atom is 0.147 e. The normalized spacial score (nSPS) is 13.1. The topological polar surface area (TPSA) is 83.5 Å². The molecule has 2 rings (SSSR count). The number of pyridine rings is 1. The van der Waals surface area contributed by atoms with Crippen molar-refractivity contribution >= 4 is 5.84 Å². The third kappa shape index (κ3) is 3.80. The van der Waals surface area contributed by atoms with E-state index in [0.29, 0.717) is 13.1 Å². The maximum atomic E-state index is 8.91. The van der Waals surface area contributed by atoms with Crippen molar-refractivity contribution in [3.8, 4) is 0 Å². The van der Waals surface area contributed by atoms with Gasteiger partial charge in [-0.1, -0.05) is 41.6 Å². The largest absolute Gasteiger partial charge is 0.409 e. The summed E-state index contributed by atoms with van der Waals surface area (Å²) >= 11 is 0. The summed E-state index contributed by atoms with van der Waals surface area (Å²) in [6.07, 6.45) is 1.76. The number of rotatable bonds is 6. The highest BCUT2D eigenvalue weighted by Gasteiger charge is 2.15. The summed E-state index contributed by atoms with van der Waals surface area (Å²) in [5, 5.41) is 15.3. The van der Waals surface area contributed by atoms with Gasteiger partial charge < -0.3 is 16.3 Å². The van der Waals surface area contributed by atoms with Crippen LogP contribution < -0.4 is 11.1 Å². The van der Waals surface area contributed by atoms with E-state index in [0.717, 1.165) is 11.3 Å². The van der Waals surface area contributed by atoms with Gasteiger partial charge in [-0.2, -0.15) is 0 Å². The molecule has 104 valence electrons. The number of benzene rings is 1. The lowest BCUT2D eigenvalue weighted by Crippen LogP contribution is -2.31. The van der Waals surface area contributed by atoms with Gasteiger partial charge in [0.05, 0.1) is 11.6 Å². The summed E-state index contributed by atoms with van der Waals surface area (Å²) in [6.45, 7) is 1.22. The molecule has 0 aliphatic carbocycles. The number of aromatic nitrogens is 1. The molecule has 0 spiro atoms. The summed E-state index contributed by atoms with van der Waals surface area (Å²) in [4.78, 5) is 4.24. The number of hydrogen-bond donors (Lipinski definition) is 3. The first-order chi connectivity index (χ1) is 9.81. The highest BCUT2D eigenvalue weighted by Crippen LogP contribution is 2.14. The molecular formula is C15H18N4O. The van der Waals surface area contributed by atoms with Crippen LogP contribution in [0, 0.1) is 0 Å². The molecule has 1 heterocycles. The fourth-order valence-corrected chi connectivity index (χ4v) is 2.00. The van der Waals surface area contributed by atoms with Crippen molar-refractivity contribution in [3.63, 3.8) is 0 Å². The quantitative estimate of drug-likeness (QED) is 0.323. The van der Waals surface area contributed by atoms with Crippen LogP contribution >= 0.6 is 0 Å². The van der Waals surface area contributed by atoms with Gasteiger partial charge in [0.15, 0.2) is 0 Å². The van der Waals surface area contributed by atoms with E-state index >= 15 is 0 Å².